The number of aromatic nitrogens is 2. The zero-order valence-corrected chi connectivity index (χ0v) is 34.9. The third-order valence-corrected chi connectivity index (χ3v) is 11.0. The zero-order valence-electron chi connectivity index (χ0n) is 34.9. The van der Waals surface area contributed by atoms with Crippen molar-refractivity contribution >= 4 is 0 Å². The standard InChI is InChI=1S/C49H52N2O10/c1-36-29-50(47(53)51(46(36)52)34-57-30-37-14-8-5-9-15-37)45-28-48(33-58-35-54-2,59-31-38-16-10-6-11-17-38)44(61-45)32-60-49(39-18-12-7-13-19-39,40-20-24-42(55-3)25-21-40)41-22-26-43(56-4)27-23-41/h5-27,29,44-45H,28,30-35H2,1-4H3/t44-,45-,48?/m1/s1. The minimum atomic E-state index is -1.18. The van der Waals surface area contributed by atoms with Gasteiger partial charge in [0.15, 0.2) is 0 Å². The fourth-order valence-corrected chi connectivity index (χ4v) is 7.77. The molecule has 1 aliphatic rings. The molecule has 0 N–H and O–H groups in total. The molecule has 3 atom stereocenters. The lowest BCUT2D eigenvalue weighted by molar-refractivity contribution is -0.181. The molecule has 318 valence electrons. The Kier molecular flexibility index (Phi) is 14.3. The van der Waals surface area contributed by atoms with Crippen LogP contribution < -0.4 is 20.7 Å². The van der Waals surface area contributed by atoms with Crippen molar-refractivity contribution < 1.29 is 37.9 Å². The number of ether oxygens (including phenoxy) is 8. The van der Waals surface area contributed by atoms with Crippen LogP contribution >= 0.6 is 0 Å². The van der Waals surface area contributed by atoms with Crippen LogP contribution in [-0.2, 0) is 54.0 Å². The second-order valence-electron chi connectivity index (χ2n) is 14.9. The highest BCUT2D eigenvalue weighted by Crippen LogP contribution is 2.45. The molecule has 7 rings (SSSR count). The summed E-state index contributed by atoms with van der Waals surface area (Å²) >= 11 is 0. The van der Waals surface area contributed by atoms with Gasteiger partial charge in [0, 0.05) is 25.3 Å². The molecule has 1 aliphatic heterocycles. The summed E-state index contributed by atoms with van der Waals surface area (Å²) in [6.45, 7) is 1.86. The quantitative estimate of drug-likeness (QED) is 0.0439. The number of benzene rings is 5. The van der Waals surface area contributed by atoms with Gasteiger partial charge >= 0.3 is 5.69 Å². The molecule has 1 unspecified atom stereocenters. The monoisotopic (exact) mass is 828 g/mol. The summed E-state index contributed by atoms with van der Waals surface area (Å²) in [5, 5.41) is 0. The average molecular weight is 829 g/mol. The Bertz CT molecular complexity index is 2360. The van der Waals surface area contributed by atoms with Crippen molar-refractivity contribution in [3.8, 4) is 11.5 Å². The van der Waals surface area contributed by atoms with E-state index in [9.17, 15) is 9.59 Å². The molecule has 1 saturated heterocycles. The number of methoxy groups -OCH3 is 3. The summed E-state index contributed by atoms with van der Waals surface area (Å²) in [6.07, 6.45) is -0.00766. The molecule has 5 aromatic carbocycles. The van der Waals surface area contributed by atoms with Crippen LogP contribution in [0.1, 0.15) is 46.0 Å². The number of aryl methyl sites for hydroxylation is 1. The Morgan fingerprint density at radius 1 is 0.689 bits per heavy atom. The van der Waals surface area contributed by atoms with Crippen LogP contribution in [-0.4, -0.2) is 62.2 Å². The van der Waals surface area contributed by atoms with Crippen LogP contribution in [0.2, 0.25) is 0 Å². The lowest BCUT2D eigenvalue weighted by Gasteiger charge is -2.39. The summed E-state index contributed by atoms with van der Waals surface area (Å²) < 4.78 is 52.3. The van der Waals surface area contributed by atoms with Crippen LogP contribution in [0, 0.1) is 6.92 Å². The lowest BCUT2D eigenvalue weighted by Crippen LogP contribution is -2.49. The predicted molar refractivity (Wildman–Crippen MR) is 230 cm³/mol. The lowest BCUT2D eigenvalue weighted by atomic mass is 9.79. The summed E-state index contributed by atoms with van der Waals surface area (Å²) in [5.41, 5.74) is 1.33. The molecule has 0 radical (unpaired) electrons. The van der Waals surface area contributed by atoms with Crippen LogP contribution in [0.4, 0.5) is 0 Å². The molecular formula is C49H52N2O10. The van der Waals surface area contributed by atoms with Gasteiger partial charge in [-0.1, -0.05) is 115 Å². The minimum Gasteiger partial charge on any atom is -0.497 e. The van der Waals surface area contributed by atoms with Crippen LogP contribution in [0.25, 0.3) is 0 Å². The average Bonchev–Trinajstić information content (AvgIpc) is 3.67. The maximum Gasteiger partial charge on any atom is 0.335 e. The third kappa shape index (κ3) is 9.71. The molecule has 12 nitrogen and oxygen atoms in total. The first kappa shape index (κ1) is 43.2. The van der Waals surface area contributed by atoms with E-state index in [4.69, 9.17) is 37.9 Å². The van der Waals surface area contributed by atoms with Gasteiger partial charge in [0.2, 0.25) is 0 Å². The minimum absolute atomic E-state index is 0.0109. The van der Waals surface area contributed by atoms with E-state index in [0.717, 1.165) is 32.4 Å². The topological polar surface area (TPSA) is 118 Å². The molecule has 0 bridgehead atoms. The molecule has 12 heteroatoms. The van der Waals surface area contributed by atoms with Crippen molar-refractivity contribution in [2.45, 2.75) is 56.8 Å². The summed E-state index contributed by atoms with van der Waals surface area (Å²) in [4.78, 5) is 27.8. The number of nitrogens with zero attached hydrogens (tertiary/aromatic N) is 2. The van der Waals surface area contributed by atoms with E-state index in [-0.39, 0.29) is 46.4 Å². The highest BCUT2D eigenvalue weighted by Gasteiger charge is 2.53. The van der Waals surface area contributed by atoms with E-state index in [0.29, 0.717) is 17.1 Å². The second kappa shape index (κ2) is 20.1. The Balaban J connectivity index is 1.31. The van der Waals surface area contributed by atoms with Crippen molar-refractivity contribution in [2.75, 3.05) is 41.3 Å². The van der Waals surface area contributed by atoms with Crippen molar-refractivity contribution in [3.63, 3.8) is 0 Å². The molecule has 6 aromatic rings. The second-order valence-corrected chi connectivity index (χ2v) is 14.9. The van der Waals surface area contributed by atoms with Crippen LogP contribution in [0.5, 0.6) is 11.5 Å². The Labute approximate surface area is 355 Å². The summed E-state index contributed by atoms with van der Waals surface area (Å²) in [5.74, 6) is 1.39. The van der Waals surface area contributed by atoms with Gasteiger partial charge in [-0.25, -0.2) is 9.36 Å². The third-order valence-electron chi connectivity index (χ3n) is 11.0. The normalized spacial score (nSPS) is 17.6. The highest BCUT2D eigenvalue weighted by molar-refractivity contribution is 5.49. The first-order valence-corrected chi connectivity index (χ1v) is 20.1. The molecule has 0 amide bonds. The van der Waals surface area contributed by atoms with Gasteiger partial charge in [-0.2, -0.15) is 0 Å². The Hall–Kier alpha value is -5.86. The van der Waals surface area contributed by atoms with E-state index in [1.165, 1.54) is 10.8 Å². The van der Waals surface area contributed by atoms with Crippen molar-refractivity contribution in [1.82, 2.24) is 9.13 Å². The van der Waals surface area contributed by atoms with Gasteiger partial charge in [-0.15, -0.1) is 0 Å². The van der Waals surface area contributed by atoms with Crippen LogP contribution in [0.3, 0.4) is 0 Å². The van der Waals surface area contributed by atoms with Gasteiger partial charge in [-0.3, -0.25) is 9.36 Å². The molecule has 0 aliphatic carbocycles. The van der Waals surface area contributed by atoms with Gasteiger partial charge in [-0.05, 0) is 59.0 Å². The van der Waals surface area contributed by atoms with Crippen LogP contribution in [0.15, 0.2) is 155 Å². The summed E-state index contributed by atoms with van der Waals surface area (Å²) in [6, 6.07) is 44.9. The fourth-order valence-electron chi connectivity index (χ4n) is 7.77. The molecule has 0 saturated carbocycles. The molecule has 1 aromatic heterocycles. The number of hydrogen-bond donors (Lipinski definition) is 0. The number of hydrogen-bond acceptors (Lipinski definition) is 10. The SMILES string of the molecule is COCOCC1(OCc2ccccc2)C[C@H](n2cc(C)c(=O)n(COCc3ccccc3)c2=O)O[C@@H]1COC(c1ccccc1)(c1ccc(OC)cc1)c1ccc(OC)cc1. The van der Waals surface area contributed by atoms with E-state index in [2.05, 4.69) is 0 Å². The van der Waals surface area contributed by atoms with Gasteiger partial charge < -0.3 is 37.9 Å². The number of rotatable bonds is 20. The molecule has 0 spiro atoms. The van der Waals surface area contributed by atoms with Crippen molar-refractivity contribution in [2.24, 2.45) is 0 Å². The van der Waals surface area contributed by atoms with Gasteiger partial charge in [0.25, 0.3) is 5.56 Å². The van der Waals surface area contributed by atoms with E-state index >= 15 is 0 Å². The Morgan fingerprint density at radius 3 is 1.79 bits per heavy atom. The zero-order chi connectivity index (χ0) is 42.7. The maximum absolute atomic E-state index is 14.3. The first-order chi connectivity index (χ1) is 29.8. The Morgan fingerprint density at radius 2 is 1.23 bits per heavy atom. The van der Waals surface area contributed by atoms with Gasteiger partial charge in [0.05, 0.1) is 40.6 Å². The predicted octanol–water partition coefficient (Wildman–Crippen LogP) is 7.38. The van der Waals surface area contributed by atoms with E-state index in [1.54, 1.807) is 28.3 Å². The molecule has 2 heterocycles. The van der Waals surface area contributed by atoms with Crippen molar-refractivity contribution in [3.05, 3.63) is 200 Å². The largest absolute Gasteiger partial charge is 0.497 e. The fraction of sp³-hybridized carbons (Fsp3) is 0.306. The highest BCUT2D eigenvalue weighted by atomic mass is 16.7. The smallest absolute Gasteiger partial charge is 0.335 e. The van der Waals surface area contributed by atoms with E-state index < -0.39 is 34.8 Å². The van der Waals surface area contributed by atoms with Crippen molar-refractivity contribution in [1.29, 1.82) is 0 Å². The maximum atomic E-state index is 14.3. The first-order valence-electron chi connectivity index (χ1n) is 20.1. The van der Waals surface area contributed by atoms with Gasteiger partial charge in [0.1, 0.15) is 48.6 Å². The summed E-state index contributed by atoms with van der Waals surface area (Å²) in [7, 11) is 4.81. The molecular weight excluding hydrogens is 777 g/mol. The molecule has 1 fully saturated rings. The molecule has 61 heavy (non-hydrogen) atoms. The van der Waals surface area contributed by atoms with E-state index in [1.807, 2.05) is 140 Å².